The zero-order valence-electron chi connectivity index (χ0n) is 19.8. The van der Waals surface area contributed by atoms with Crippen molar-refractivity contribution in [3.8, 4) is 0 Å². The summed E-state index contributed by atoms with van der Waals surface area (Å²) < 4.78 is 4.68. The van der Waals surface area contributed by atoms with Gasteiger partial charge in [-0.05, 0) is 18.2 Å². The first-order valence-electron chi connectivity index (χ1n) is 12.2. The van der Waals surface area contributed by atoms with Crippen LogP contribution in [0.5, 0.6) is 0 Å². The molecular formula is C32H22N4S. The van der Waals surface area contributed by atoms with E-state index in [0.717, 1.165) is 22.2 Å². The molecule has 5 heteroatoms. The molecule has 0 spiro atoms. The smallest absolute Gasteiger partial charge is 0.154 e. The van der Waals surface area contributed by atoms with Crippen LogP contribution in [-0.2, 0) is 0 Å². The van der Waals surface area contributed by atoms with Gasteiger partial charge in [0.1, 0.15) is 0 Å². The molecule has 0 aliphatic heterocycles. The lowest BCUT2D eigenvalue weighted by molar-refractivity contribution is 1.08. The van der Waals surface area contributed by atoms with Crippen molar-refractivity contribution >= 4 is 65.0 Å². The van der Waals surface area contributed by atoms with E-state index in [9.17, 15) is 0 Å². The summed E-state index contributed by atoms with van der Waals surface area (Å²) in [7, 11) is 0. The van der Waals surface area contributed by atoms with Crippen LogP contribution in [0.2, 0.25) is 0 Å². The SMILES string of the molecule is N=C(N=C(Nn1c2ccccc2c2c3sc4ccccc4c3ccc21)c1ccccc1)c1ccccc1. The number of amidine groups is 2. The number of nitrogens with zero attached hydrogens (tertiary/aromatic N) is 2. The maximum absolute atomic E-state index is 8.70. The van der Waals surface area contributed by atoms with E-state index in [1.807, 2.05) is 72.0 Å². The van der Waals surface area contributed by atoms with Crippen molar-refractivity contribution in [2.24, 2.45) is 4.99 Å². The van der Waals surface area contributed by atoms with Crippen LogP contribution in [0.1, 0.15) is 11.1 Å². The van der Waals surface area contributed by atoms with Crippen molar-refractivity contribution in [2.45, 2.75) is 0 Å². The molecule has 0 atom stereocenters. The molecule has 0 fully saturated rings. The minimum Gasteiger partial charge on any atom is -0.282 e. The number of nitrogens with one attached hydrogen (secondary N) is 2. The van der Waals surface area contributed by atoms with Crippen molar-refractivity contribution in [3.05, 3.63) is 132 Å². The van der Waals surface area contributed by atoms with Crippen LogP contribution in [-0.4, -0.2) is 16.3 Å². The van der Waals surface area contributed by atoms with E-state index in [1.165, 1.54) is 30.9 Å². The lowest BCUT2D eigenvalue weighted by Gasteiger charge is -2.14. The second-order valence-electron chi connectivity index (χ2n) is 8.94. The summed E-state index contributed by atoms with van der Waals surface area (Å²) in [6, 6.07) is 41.1. The largest absolute Gasteiger partial charge is 0.282 e. The van der Waals surface area contributed by atoms with Gasteiger partial charge < -0.3 is 0 Å². The Morgan fingerprint density at radius 1 is 0.622 bits per heavy atom. The van der Waals surface area contributed by atoms with Crippen LogP contribution in [0, 0.1) is 5.41 Å². The third kappa shape index (κ3) is 3.60. The van der Waals surface area contributed by atoms with Gasteiger partial charge in [0.2, 0.25) is 0 Å². The van der Waals surface area contributed by atoms with E-state index < -0.39 is 0 Å². The van der Waals surface area contributed by atoms with Crippen molar-refractivity contribution in [1.29, 1.82) is 5.41 Å². The van der Waals surface area contributed by atoms with Crippen molar-refractivity contribution in [3.63, 3.8) is 0 Å². The Hall–Kier alpha value is -4.74. The maximum atomic E-state index is 8.70. The van der Waals surface area contributed by atoms with Crippen molar-refractivity contribution < 1.29 is 0 Å². The van der Waals surface area contributed by atoms with Gasteiger partial charge in [-0.2, -0.15) is 0 Å². The van der Waals surface area contributed by atoms with Crippen molar-refractivity contribution in [1.82, 2.24) is 4.68 Å². The van der Waals surface area contributed by atoms with Gasteiger partial charge in [0, 0.05) is 42.1 Å². The molecule has 0 aliphatic carbocycles. The van der Waals surface area contributed by atoms with Crippen LogP contribution in [0.15, 0.2) is 126 Å². The number of aliphatic imine (C=N–C) groups is 1. The summed E-state index contributed by atoms with van der Waals surface area (Å²) in [5.41, 5.74) is 7.42. The second-order valence-corrected chi connectivity index (χ2v) is 9.99. The normalized spacial score (nSPS) is 12.1. The van der Waals surface area contributed by atoms with E-state index in [2.05, 4.69) is 70.8 Å². The average molecular weight is 495 g/mol. The van der Waals surface area contributed by atoms with E-state index in [4.69, 9.17) is 10.4 Å². The molecular weight excluding hydrogens is 472 g/mol. The second kappa shape index (κ2) is 8.73. The van der Waals surface area contributed by atoms with E-state index >= 15 is 0 Å². The van der Waals surface area contributed by atoms with Crippen LogP contribution in [0.25, 0.3) is 42.0 Å². The van der Waals surface area contributed by atoms with Crippen molar-refractivity contribution in [2.75, 3.05) is 5.43 Å². The predicted octanol–water partition coefficient (Wildman–Crippen LogP) is 8.18. The molecule has 0 saturated heterocycles. The Morgan fingerprint density at radius 3 is 2.05 bits per heavy atom. The summed E-state index contributed by atoms with van der Waals surface area (Å²) in [5.74, 6) is 0.827. The summed E-state index contributed by atoms with van der Waals surface area (Å²) in [6.07, 6.45) is 0. The zero-order chi connectivity index (χ0) is 24.8. The predicted molar refractivity (Wildman–Crippen MR) is 158 cm³/mol. The highest BCUT2D eigenvalue weighted by molar-refractivity contribution is 7.26. The molecule has 7 rings (SSSR count). The molecule has 0 saturated carbocycles. The first-order valence-corrected chi connectivity index (χ1v) is 13.0. The lowest BCUT2D eigenvalue weighted by Crippen LogP contribution is -2.25. The quantitative estimate of drug-likeness (QED) is 0.189. The monoisotopic (exact) mass is 494 g/mol. The van der Waals surface area contributed by atoms with Gasteiger partial charge in [-0.3, -0.25) is 15.5 Å². The summed E-state index contributed by atoms with van der Waals surface area (Å²) in [6.45, 7) is 0. The van der Waals surface area contributed by atoms with Gasteiger partial charge >= 0.3 is 0 Å². The molecule has 2 heterocycles. The fourth-order valence-corrected chi connectivity index (χ4v) is 6.24. The lowest BCUT2D eigenvalue weighted by atomic mass is 10.1. The summed E-state index contributed by atoms with van der Waals surface area (Å²) in [5, 5.41) is 13.7. The van der Waals surface area contributed by atoms with Gasteiger partial charge in [-0.15, -0.1) is 11.3 Å². The number of thiophene rings is 1. The number of benzene rings is 5. The highest BCUT2D eigenvalue weighted by Crippen LogP contribution is 2.41. The molecule has 7 aromatic rings. The minimum atomic E-state index is 0.208. The topological polar surface area (TPSA) is 53.2 Å². The van der Waals surface area contributed by atoms with Gasteiger partial charge in [-0.1, -0.05) is 103 Å². The van der Waals surface area contributed by atoms with Crippen LogP contribution < -0.4 is 5.43 Å². The summed E-state index contributed by atoms with van der Waals surface area (Å²) in [4.78, 5) is 4.77. The number of aromatic nitrogens is 1. The fourth-order valence-electron chi connectivity index (χ4n) is 4.98. The van der Waals surface area contributed by atoms with Crippen LogP contribution in [0.4, 0.5) is 0 Å². The molecule has 0 bridgehead atoms. The van der Waals surface area contributed by atoms with Gasteiger partial charge in [-0.25, -0.2) is 4.99 Å². The zero-order valence-corrected chi connectivity index (χ0v) is 20.7. The van der Waals surface area contributed by atoms with Gasteiger partial charge in [0.25, 0.3) is 0 Å². The molecule has 2 aromatic heterocycles. The molecule has 0 amide bonds. The number of hydrogen-bond acceptors (Lipinski definition) is 2. The Kier molecular flexibility index (Phi) is 5.08. The first-order chi connectivity index (χ1) is 18.3. The van der Waals surface area contributed by atoms with E-state index in [-0.39, 0.29) is 5.84 Å². The average Bonchev–Trinajstić information content (AvgIpc) is 3.49. The molecule has 0 aliphatic rings. The van der Waals surface area contributed by atoms with Crippen LogP contribution >= 0.6 is 11.3 Å². The molecule has 0 radical (unpaired) electrons. The number of rotatable bonds is 3. The first kappa shape index (κ1) is 21.5. The van der Waals surface area contributed by atoms with Gasteiger partial charge in [0.15, 0.2) is 11.7 Å². The minimum absolute atomic E-state index is 0.208. The maximum Gasteiger partial charge on any atom is 0.154 e. The Morgan fingerprint density at radius 2 is 1.27 bits per heavy atom. The highest BCUT2D eigenvalue weighted by atomic mass is 32.1. The Bertz CT molecular complexity index is 1960. The highest BCUT2D eigenvalue weighted by Gasteiger charge is 2.18. The molecule has 4 nitrogen and oxygen atoms in total. The molecule has 37 heavy (non-hydrogen) atoms. The fraction of sp³-hybridized carbons (Fsp3) is 0. The molecule has 5 aromatic carbocycles. The number of para-hydroxylation sites is 1. The molecule has 2 N–H and O–H groups in total. The number of fused-ring (bicyclic) bond motifs is 7. The van der Waals surface area contributed by atoms with E-state index in [0.29, 0.717) is 5.84 Å². The van der Waals surface area contributed by atoms with Gasteiger partial charge in [0.05, 0.1) is 11.0 Å². The standard InChI is InChI=1S/C32H22N4S/c33-31(21-11-3-1-4-12-21)34-32(22-13-5-2-6-14-22)35-36-26-17-9-7-16-25(26)29-27(36)20-19-24-23-15-8-10-18-28(23)37-30(24)29/h1-20H,(H2,33,34,35). The third-order valence-corrected chi connectivity index (χ3v) is 7.92. The Labute approximate surface area is 217 Å². The molecule has 176 valence electrons. The van der Waals surface area contributed by atoms with Crippen LogP contribution in [0.3, 0.4) is 0 Å². The Balaban J connectivity index is 1.46. The van der Waals surface area contributed by atoms with E-state index in [1.54, 1.807) is 0 Å². The molecule has 0 unspecified atom stereocenters. The number of hydrogen-bond donors (Lipinski definition) is 2. The summed E-state index contributed by atoms with van der Waals surface area (Å²) >= 11 is 1.84. The third-order valence-electron chi connectivity index (χ3n) is 6.72.